The van der Waals surface area contributed by atoms with Crippen LogP contribution in [0, 0.1) is 13.8 Å². The lowest BCUT2D eigenvalue weighted by Gasteiger charge is -2.09. The van der Waals surface area contributed by atoms with Crippen LogP contribution in [-0.2, 0) is 6.54 Å². The summed E-state index contributed by atoms with van der Waals surface area (Å²) in [7, 11) is 0. The van der Waals surface area contributed by atoms with E-state index in [0.29, 0.717) is 6.61 Å². The van der Waals surface area contributed by atoms with Crippen molar-refractivity contribution in [2.24, 2.45) is 0 Å². The van der Waals surface area contributed by atoms with E-state index in [0.717, 1.165) is 23.3 Å². The molecule has 0 saturated carbocycles. The molecular formula is C15H18BrNOS. The minimum Gasteiger partial charge on any atom is -0.491 e. The van der Waals surface area contributed by atoms with Crippen LogP contribution in [0.1, 0.15) is 15.3 Å². The van der Waals surface area contributed by atoms with E-state index in [2.05, 4.69) is 59.4 Å². The van der Waals surface area contributed by atoms with Gasteiger partial charge in [-0.3, -0.25) is 0 Å². The molecule has 0 aliphatic rings. The van der Waals surface area contributed by atoms with Crippen molar-refractivity contribution in [1.29, 1.82) is 0 Å². The topological polar surface area (TPSA) is 21.3 Å². The molecule has 1 aromatic heterocycles. The van der Waals surface area contributed by atoms with Crippen molar-refractivity contribution in [3.8, 4) is 5.75 Å². The number of hydrogen-bond donors (Lipinski definition) is 1. The second-order valence-electron chi connectivity index (χ2n) is 4.47. The zero-order valence-corrected chi connectivity index (χ0v) is 13.6. The summed E-state index contributed by atoms with van der Waals surface area (Å²) in [5.41, 5.74) is 1.23. The summed E-state index contributed by atoms with van der Waals surface area (Å²) in [4.78, 5) is 2.73. The summed E-state index contributed by atoms with van der Waals surface area (Å²) >= 11 is 5.35. The molecule has 0 amide bonds. The maximum atomic E-state index is 5.73. The number of aryl methyl sites for hydroxylation is 2. The molecular weight excluding hydrogens is 322 g/mol. The van der Waals surface area contributed by atoms with Crippen molar-refractivity contribution in [1.82, 2.24) is 5.32 Å². The molecule has 4 heteroatoms. The van der Waals surface area contributed by atoms with Crippen LogP contribution in [0.15, 0.2) is 34.8 Å². The van der Waals surface area contributed by atoms with Crippen LogP contribution in [-0.4, -0.2) is 13.2 Å². The summed E-state index contributed by atoms with van der Waals surface area (Å²) < 4.78 is 6.74. The first-order valence-electron chi connectivity index (χ1n) is 6.30. The second kappa shape index (κ2) is 7.08. The molecule has 102 valence electrons. The van der Waals surface area contributed by atoms with Crippen LogP contribution < -0.4 is 10.1 Å². The van der Waals surface area contributed by atoms with Gasteiger partial charge in [0, 0.05) is 22.8 Å². The third-order valence-electron chi connectivity index (χ3n) is 2.72. The first-order chi connectivity index (χ1) is 9.15. The lowest BCUT2D eigenvalue weighted by Crippen LogP contribution is -2.20. The van der Waals surface area contributed by atoms with Crippen LogP contribution in [0.25, 0.3) is 0 Å². The molecule has 0 aliphatic carbocycles. The molecule has 19 heavy (non-hydrogen) atoms. The maximum absolute atomic E-state index is 5.73. The number of nitrogens with one attached hydrogen (secondary N) is 1. The van der Waals surface area contributed by atoms with E-state index < -0.39 is 0 Å². The van der Waals surface area contributed by atoms with Crippen molar-refractivity contribution in [3.05, 3.63) is 50.1 Å². The quantitative estimate of drug-likeness (QED) is 0.792. The molecule has 0 saturated heterocycles. The van der Waals surface area contributed by atoms with Gasteiger partial charge in [-0.1, -0.05) is 6.07 Å². The molecule has 1 aromatic carbocycles. The summed E-state index contributed by atoms with van der Waals surface area (Å²) in [6.45, 7) is 6.63. The Labute approximate surface area is 126 Å². The minimum absolute atomic E-state index is 0.673. The summed E-state index contributed by atoms with van der Waals surface area (Å²) in [6.07, 6.45) is 0. The zero-order chi connectivity index (χ0) is 13.7. The maximum Gasteiger partial charge on any atom is 0.133 e. The Morgan fingerprint density at radius 2 is 2.05 bits per heavy atom. The van der Waals surface area contributed by atoms with Crippen molar-refractivity contribution < 1.29 is 4.74 Å². The molecule has 0 atom stereocenters. The Hall–Kier alpha value is -0.840. The first-order valence-corrected chi connectivity index (χ1v) is 7.91. The smallest absolute Gasteiger partial charge is 0.133 e. The minimum atomic E-state index is 0.673. The second-order valence-corrected chi connectivity index (χ2v) is 6.70. The number of ether oxygens (including phenoxy) is 1. The zero-order valence-electron chi connectivity index (χ0n) is 11.2. The van der Waals surface area contributed by atoms with Crippen LogP contribution in [0.4, 0.5) is 0 Å². The Morgan fingerprint density at radius 1 is 1.21 bits per heavy atom. The standard InChI is InChI=1S/C15H18BrNOS/c1-11-3-6-15(14(16)9-11)18-8-7-17-10-13-5-4-12(2)19-13/h3-6,9,17H,7-8,10H2,1-2H3. The fourth-order valence-corrected chi connectivity index (χ4v) is 3.22. The highest BCUT2D eigenvalue weighted by Gasteiger charge is 2.01. The van der Waals surface area contributed by atoms with Crippen molar-refractivity contribution in [2.45, 2.75) is 20.4 Å². The van der Waals surface area contributed by atoms with Gasteiger partial charge in [-0.05, 0) is 59.6 Å². The Bertz CT molecular complexity index is 539. The van der Waals surface area contributed by atoms with Crippen molar-refractivity contribution in [2.75, 3.05) is 13.2 Å². The number of benzene rings is 1. The van der Waals surface area contributed by atoms with Gasteiger partial charge in [0.25, 0.3) is 0 Å². The number of halogens is 1. The van der Waals surface area contributed by atoms with Gasteiger partial charge in [-0.15, -0.1) is 11.3 Å². The van der Waals surface area contributed by atoms with Gasteiger partial charge in [0.15, 0.2) is 0 Å². The normalized spacial score (nSPS) is 10.7. The first kappa shape index (κ1) is 14.6. The summed E-state index contributed by atoms with van der Waals surface area (Å²) in [5.74, 6) is 0.902. The Balaban J connectivity index is 1.69. The van der Waals surface area contributed by atoms with Gasteiger partial charge >= 0.3 is 0 Å². The summed E-state index contributed by atoms with van der Waals surface area (Å²) in [5, 5.41) is 3.39. The Kier molecular flexibility index (Phi) is 5.43. The van der Waals surface area contributed by atoms with E-state index in [1.54, 1.807) is 0 Å². The number of hydrogen-bond acceptors (Lipinski definition) is 3. The predicted octanol–water partition coefficient (Wildman–Crippen LogP) is 4.30. The number of thiophene rings is 1. The van der Waals surface area contributed by atoms with Gasteiger partial charge in [0.05, 0.1) is 4.47 Å². The SMILES string of the molecule is Cc1ccc(OCCNCc2ccc(C)s2)c(Br)c1. The molecule has 0 bridgehead atoms. The van der Waals surface area contributed by atoms with Gasteiger partial charge in [0.1, 0.15) is 12.4 Å². The highest BCUT2D eigenvalue weighted by Crippen LogP contribution is 2.25. The molecule has 2 aromatic rings. The lowest BCUT2D eigenvalue weighted by molar-refractivity contribution is 0.312. The molecule has 2 nitrogen and oxygen atoms in total. The Morgan fingerprint density at radius 3 is 2.74 bits per heavy atom. The van der Waals surface area contributed by atoms with E-state index in [4.69, 9.17) is 4.74 Å². The van der Waals surface area contributed by atoms with Crippen LogP contribution in [0.2, 0.25) is 0 Å². The van der Waals surface area contributed by atoms with Gasteiger partial charge in [-0.25, -0.2) is 0 Å². The summed E-state index contributed by atoms with van der Waals surface area (Å²) in [6, 6.07) is 10.5. The van der Waals surface area contributed by atoms with E-state index >= 15 is 0 Å². The van der Waals surface area contributed by atoms with Crippen LogP contribution in [0.5, 0.6) is 5.75 Å². The monoisotopic (exact) mass is 339 g/mol. The fourth-order valence-electron chi connectivity index (χ4n) is 1.75. The van der Waals surface area contributed by atoms with E-state index in [1.165, 1.54) is 15.3 Å². The molecule has 0 aliphatic heterocycles. The molecule has 2 rings (SSSR count). The molecule has 0 fully saturated rings. The van der Waals surface area contributed by atoms with Crippen LogP contribution >= 0.6 is 27.3 Å². The molecule has 0 spiro atoms. The molecule has 1 N–H and O–H groups in total. The largest absolute Gasteiger partial charge is 0.491 e. The predicted molar refractivity (Wildman–Crippen MR) is 85.1 cm³/mol. The third kappa shape index (κ3) is 4.64. The fraction of sp³-hybridized carbons (Fsp3) is 0.333. The van der Waals surface area contributed by atoms with Crippen molar-refractivity contribution >= 4 is 27.3 Å². The molecule has 1 heterocycles. The molecule has 0 radical (unpaired) electrons. The lowest BCUT2D eigenvalue weighted by atomic mass is 10.2. The van der Waals surface area contributed by atoms with E-state index in [1.807, 2.05) is 17.4 Å². The third-order valence-corrected chi connectivity index (χ3v) is 4.34. The molecule has 0 unspecified atom stereocenters. The van der Waals surface area contributed by atoms with Crippen molar-refractivity contribution in [3.63, 3.8) is 0 Å². The highest BCUT2D eigenvalue weighted by molar-refractivity contribution is 9.10. The van der Waals surface area contributed by atoms with E-state index in [9.17, 15) is 0 Å². The van der Waals surface area contributed by atoms with E-state index in [-0.39, 0.29) is 0 Å². The highest BCUT2D eigenvalue weighted by atomic mass is 79.9. The van der Waals surface area contributed by atoms with Gasteiger partial charge in [0.2, 0.25) is 0 Å². The average Bonchev–Trinajstić information content (AvgIpc) is 2.77. The van der Waals surface area contributed by atoms with Crippen LogP contribution in [0.3, 0.4) is 0 Å². The van der Waals surface area contributed by atoms with Gasteiger partial charge in [-0.2, -0.15) is 0 Å². The number of rotatable bonds is 6. The average molecular weight is 340 g/mol. The van der Waals surface area contributed by atoms with Gasteiger partial charge < -0.3 is 10.1 Å².